The Morgan fingerprint density at radius 1 is 1.17 bits per heavy atom. The summed E-state index contributed by atoms with van der Waals surface area (Å²) in [5.74, 6) is -0.414. The number of pyridine rings is 1. The minimum atomic E-state index is -1.11. The van der Waals surface area contributed by atoms with Crippen molar-refractivity contribution < 1.29 is 28.1 Å². The van der Waals surface area contributed by atoms with E-state index in [1.807, 2.05) is 29.7 Å². The zero-order chi connectivity index (χ0) is 32.5. The molecule has 3 unspecified atom stereocenters. The molecule has 0 radical (unpaired) electrons. The second-order valence-corrected chi connectivity index (χ2v) is 13.2. The molecule has 1 saturated carbocycles. The van der Waals surface area contributed by atoms with Gasteiger partial charge in [-0.15, -0.1) is 0 Å². The smallest absolute Gasteiger partial charge is 0.338 e. The van der Waals surface area contributed by atoms with Gasteiger partial charge in [-0.3, -0.25) is 9.88 Å². The molecule has 242 valence electrons. The molecular formula is C34H32ClFN6O5. The van der Waals surface area contributed by atoms with Crippen LogP contribution >= 0.6 is 11.6 Å². The van der Waals surface area contributed by atoms with Crippen LogP contribution < -0.4 is 14.4 Å². The molecule has 0 N–H and O–H groups in total. The predicted octanol–water partition coefficient (Wildman–Crippen LogP) is 5.05. The third kappa shape index (κ3) is 5.04. The van der Waals surface area contributed by atoms with E-state index in [-0.39, 0.29) is 23.2 Å². The summed E-state index contributed by atoms with van der Waals surface area (Å²) in [7, 11) is 1.26. The lowest BCUT2D eigenvalue weighted by Gasteiger charge is -2.44. The lowest BCUT2D eigenvalue weighted by atomic mass is 10.0. The van der Waals surface area contributed by atoms with E-state index in [9.17, 15) is 10.1 Å². The van der Waals surface area contributed by atoms with Gasteiger partial charge in [-0.25, -0.2) is 14.2 Å². The van der Waals surface area contributed by atoms with Crippen molar-refractivity contribution in [1.29, 1.82) is 5.26 Å². The van der Waals surface area contributed by atoms with Crippen LogP contribution in [0.1, 0.15) is 41.6 Å². The van der Waals surface area contributed by atoms with Crippen LogP contribution in [0.4, 0.5) is 10.1 Å². The summed E-state index contributed by atoms with van der Waals surface area (Å²) >= 11 is 6.07. The quantitative estimate of drug-likeness (QED) is 0.250. The van der Waals surface area contributed by atoms with Gasteiger partial charge in [0, 0.05) is 32.8 Å². The number of rotatable bonds is 7. The maximum atomic E-state index is 15.4. The summed E-state index contributed by atoms with van der Waals surface area (Å²) in [6.45, 7) is 5.02. The molecule has 2 aromatic heterocycles. The van der Waals surface area contributed by atoms with Crippen LogP contribution in [0.25, 0.3) is 11.0 Å². The minimum absolute atomic E-state index is 0.00809. The van der Waals surface area contributed by atoms with Crippen molar-refractivity contribution in [3.63, 3.8) is 0 Å². The van der Waals surface area contributed by atoms with Gasteiger partial charge in [0.05, 0.1) is 72.2 Å². The number of piperazine rings is 1. The van der Waals surface area contributed by atoms with Crippen molar-refractivity contribution in [3.8, 4) is 17.6 Å². The Balaban J connectivity index is 1.09. The zero-order valence-corrected chi connectivity index (χ0v) is 26.7. The van der Waals surface area contributed by atoms with E-state index in [1.54, 1.807) is 24.4 Å². The second-order valence-electron chi connectivity index (χ2n) is 12.8. The third-order valence-electron chi connectivity index (χ3n) is 9.78. The highest BCUT2D eigenvalue weighted by Crippen LogP contribution is 2.50. The minimum Gasteiger partial charge on any atom is -0.465 e. The Morgan fingerprint density at radius 3 is 2.74 bits per heavy atom. The van der Waals surface area contributed by atoms with E-state index in [0.29, 0.717) is 72.9 Å². The van der Waals surface area contributed by atoms with E-state index >= 15 is 4.39 Å². The molecule has 11 nitrogen and oxygen atoms in total. The molecule has 8 rings (SSSR count). The fraction of sp³-hybridized carbons (Fsp3) is 0.412. The number of esters is 1. The number of anilines is 1. The van der Waals surface area contributed by atoms with Gasteiger partial charge in [0.15, 0.2) is 17.3 Å². The van der Waals surface area contributed by atoms with Crippen LogP contribution in [0, 0.1) is 22.6 Å². The van der Waals surface area contributed by atoms with Crippen LogP contribution in [-0.4, -0.2) is 70.9 Å². The molecule has 2 saturated heterocycles. The standard InChI is InChI=1S/C34H32ClFN6O5/c1-33(28-7-6-21(35)14-38-28)46-27-5-3-4-23(31(27)47-33)41-11-10-40(25-16-45-17-26(25)41)15-29-39-30-22(36)12-20(32(43)44-2)13-24(30)42(29)19-34(18-37)8-9-34/h3-7,12-14,25-26H,8-11,15-17,19H2,1-2H3. The number of halogens is 2. The topological polar surface area (TPSA) is 115 Å². The SMILES string of the molecule is COC(=O)c1cc(F)c2nc(CN3CCN(c4cccc5c4OC(C)(c4ccc(Cl)cn4)O5)C4COCC43)n(CC3(C#N)CC3)c2c1. The largest absolute Gasteiger partial charge is 0.465 e. The van der Waals surface area contributed by atoms with Gasteiger partial charge < -0.3 is 28.4 Å². The van der Waals surface area contributed by atoms with Gasteiger partial charge in [0.25, 0.3) is 5.79 Å². The molecule has 13 heteroatoms. The van der Waals surface area contributed by atoms with Crippen molar-refractivity contribution in [2.75, 3.05) is 38.3 Å². The molecule has 0 bridgehead atoms. The molecule has 3 fully saturated rings. The number of methoxy groups -OCH3 is 1. The van der Waals surface area contributed by atoms with Gasteiger partial charge in [-0.2, -0.15) is 5.26 Å². The van der Waals surface area contributed by atoms with E-state index in [1.165, 1.54) is 7.11 Å². The summed E-state index contributed by atoms with van der Waals surface area (Å²) in [5, 5.41) is 10.4. The first-order valence-electron chi connectivity index (χ1n) is 15.6. The van der Waals surface area contributed by atoms with E-state index in [2.05, 4.69) is 20.9 Å². The maximum absolute atomic E-state index is 15.4. The molecule has 0 amide bonds. The predicted molar refractivity (Wildman–Crippen MR) is 169 cm³/mol. The maximum Gasteiger partial charge on any atom is 0.338 e. The summed E-state index contributed by atoms with van der Waals surface area (Å²) in [4.78, 5) is 26.2. The number of nitriles is 1. The number of ether oxygens (including phenoxy) is 4. The Hall–Kier alpha value is -4.44. The van der Waals surface area contributed by atoms with Gasteiger partial charge in [-0.05, 0) is 49.2 Å². The molecule has 0 spiro atoms. The van der Waals surface area contributed by atoms with Gasteiger partial charge >= 0.3 is 5.97 Å². The van der Waals surface area contributed by atoms with Gasteiger partial charge in [-0.1, -0.05) is 17.7 Å². The first-order valence-corrected chi connectivity index (χ1v) is 16.0. The molecule has 5 heterocycles. The van der Waals surface area contributed by atoms with Crippen LogP contribution in [0.15, 0.2) is 48.7 Å². The Morgan fingerprint density at radius 2 is 2.00 bits per heavy atom. The second kappa shape index (κ2) is 11.1. The number of benzene rings is 2. The van der Waals surface area contributed by atoms with Crippen LogP contribution in [0.5, 0.6) is 11.5 Å². The molecule has 3 aliphatic heterocycles. The highest BCUT2D eigenvalue weighted by molar-refractivity contribution is 6.30. The number of aromatic nitrogens is 3. The summed E-state index contributed by atoms with van der Waals surface area (Å²) in [5.41, 5.74) is 1.76. The summed E-state index contributed by atoms with van der Waals surface area (Å²) in [6.07, 6.45) is 3.10. The zero-order valence-electron chi connectivity index (χ0n) is 25.9. The number of carbonyl (C=O) groups excluding carboxylic acids is 1. The highest BCUT2D eigenvalue weighted by Gasteiger charge is 2.47. The molecule has 47 heavy (non-hydrogen) atoms. The average Bonchev–Trinajstić information content (AvgIpc) is 3.34. The van der Waals surface area contributed by atoms with Gasteiger partial charge in [0.1, 0.15) is 17.0 Å². The first kappa shape index (κ1) is 29.9. The lowest BCUT2D eigenvalue weighted by Crippen LogP contribution is -2.59. The number of hydrogen-bond acceptors (Lipinski definition) is 10. The van der Waals surface area contributed by atoms with Crippen molar-refractivity contribution in [3.05, 3.63) is 76.6 Å². The molecule has 3 atom stereocenters. The van der Waals surface area contributed by atoms with Crippen LogP contribution in [0.2, 0.25) is 5.02 Å². The number of imidazole rings is 1. The normalized spacial score (nSPS) is 24.3. The monoisotopic (exact) mass is 658 g/mol. The number of carbonyl (C=O) groups is 1. The van der Waals surface area contributed by atoms with Crippen LogP contribution in [-0.2, 0) is 28.4 Å². The Labute approximate surface area is 275 Å². The third-order valence-corrected chi connectivity index (χ3v) is 10.0. The number of hydrogen-bond donors (Lipinski definition) is 0. The molecule has 2 aromatic carbocycles. The highest BCUT2D eigenvalue weighted by atomic mass is 35.5. The van der Waals surface area contributed by atoms with Crippen LogP contribution in [0.3, 0.4) is 0 Å². The fourth-order valence-electron chi connectivity index (χ4n) is 7.03. The molecule has 4 aromatic rings. The van der Waals surface area contributed by atoms with Crippen molar-refractivity contribution in [1.82, 2.24) is 19.4 Å². The van der Waals surface area contributed by atoms with Crippen molar-refractivity contribution in [2.45, 2.75) is 50.7 Å². The molecule has 1 aliphatic carbocycles. The average molecular weight is 659 g/mol. The summed E-state index contributed by atoms with van der Waals surface area (Å²) < 4.78 is 41.0. The van der Waals surface area contributed by atoms with E-state index < -0.39 is 23.0 Å². The Kier molecular flexibility index (Phi) is 7.05. The van der Waals surface area contributed by atoms with Crippen molar-refractivity contribution >= 4 is 34.3 Å². The van der Waals surface area contributed by atoms with E-state index in [4.69, 9.17) is 35.5 Å². The summed E-state index contributed by atoms with van der Waals surface area (Å²) in [6, 6.07) is 14.7. The first-order chi connectivity index (χ1) is 22.7. The fourth-order valence-corrected chi connectivity index (χ4v) is 7.14. The number of nitrogens with zero attached hydrogens (tertiary/aromatic N) is 6. The molecular weight excluding hydrogens is 627 g/mol. The van der Waals surface area contributed by atoms with E-state index in [0.717, 1.165) is 24.6 Å². The van der Waals surface area contributed by atoms with Gasteiger partial charge in [0.2, 0.25) is 0 Å². The Bertz CT molecular complexity index is 1940. The van der Waals surface area contributed by atoms with Crippen molar-refractivity contribution in [2.24, 2.45) is 5.41 Å². The molecule has 4 aliphatic rings. The number of para-hydroxylation sites is 1. The number of fused-ring (bicyclic) bond motifs is 3. The lowest BCUT2D eigenvalue weighted by molar-refractivity contribution is -0.0716.